The normalized spacial score (nSPS) is 10.8. The predicted molar refractivity (Wildman–Crippen MR) is 80.9 cm³/mol. The fraction of sp³-hybridized carbons (Fsp3) is 0.188. The van der Waals surface area contributed by atoms with Crippen LogP contribution in [0.2, 0.25) is 0 Å². The van der Waals surface area contributed by atoms with Crippen molar-refractivity contribution in [2.24, 2.45) is 0 Å². The number of rotatable bonds is 4. The second kappa shape index (κ2) is 5.48. The third-order valence-corrected chi connectivity index (χ3v) is 3.32. The van der Waals surface area contributed by atoms with Crippen LogP contribution in [-0.2, 0) is 6.61 Å². The molecular formula is C16H14N2O4. The van der Waals surface area contributed by atoms with Crippen LogP contribution in [0.3, 0.4) is 0 Å². The Labute approximate surface area is 126 Å². The van der Waals surface area contributed by atoms with Crippen LogP contribution >= 0.6 is 0 Å². The number of oxazole rings is 1. The van der Waals surface area contributed by atoms with E-state index in [4.69, 9.17) is 9.15 Å². The molecule has 0 saturated heterocycles. The third-order valence-electron chi connectivity index (χ3n) is 3.32. The summed E-state index contributed by atoms with van der Waals surface area (Å²) in [6.45, 7) is 3.95. The number of ether oxygens (including phenoxy) is 1. The van der Waals surface area contributed by atoms with Crippen LogP contribution in [0.25, 0.3) is 11.1 Å². The summed E-state index contributed by atoms with van der Waals surface area (Å²) in [6.07, 6.45) is 0. The molecule has 0 aliphatic carbocycles. The molecule has 1 aromatic heterocycles. The minimum atomic E-state index is -0.419. The van der Waals surface area contributed by atoms with Crippen LogP contribution in [0, 0.1) is 24.0 Å². The van der Waals surface area contributed by atoms with E-state index in [2.05, 4.69) is 4.98 Å². The molecule has 0 atom stereocenters. The zero-order valence-electron chi connectivity index (χ0n) is 12.2. The number of nitro groups is 1. The first-order valence-corrected chi connectivity index (χ1v) is 6.77. The fourth-order valence-electron chi connectivity index (χ4n) is 2.25. The average Bonchev–Trinajstić information content (AvgIpc) is 2.85. The van der Waals surface area contributed by atoms with E-state index >= 15 is 0 Å². The molecule has 0 bridgehead atoms. The maximum atomic E-state index is 10.7. The van der Waals surface area contributed by atoms with Crippen LogP contribution in [0.1, 0.15) is 17.0 Å². The molecule has 0 N–H and O–H groups in total. The Kier molecular flexibility index (Phi) is 3.50. The van der Waals surface area contributed by atoms with Crippen molar-refractivity contribution in [2.45, 2.75) is 20.5 Å². The van der Waals surface area contributed by atoms with E-state index in [9.17, 15) is 10.1 Å². The van der Waals surface area contributed by atoms with Crippen LogP contribution in [0.15, 0.2) is 40.8 Å². The van der Waals surface area contributed by atoms with Crippen molar-refractivity contribution in [3.05, 3.63) is 63.5 Å². The van der Waals surface area contributed by atoms with Crippen LogP contribution in [0.5, 0.6) is 5.75 Å². The van der Waals surface area contributed by atoms with Gasteiger partial charge < -0.3 is 9.15 Å². The van der Waals surface area contributed by atoms with E-state index in [1.165, 1.54) is 12.1 Å². The average molecular weight is 298 g/mol. The molecule has 22 heavy (non-hydrogen) atoms. The Morgan fingerprint density at radius 2 is 2.05 bits per heavy atom. The first-order chi connectivity index (χ1) is 10.5. The van der Waals surface area contributed by atoms with Gasteiger partial charge in [0.25, 0.3) is 5.69 Å². The van der Waals surface area contributed by atoms with Gasteiger partial charge in [0.15, 0.2) is 11.5 Å². The highest BCUT2D eigenvalue weighted by molar-refractivity contribution is 5.73. The van der Waals surface area contributed by atoms with Crippen molar-refractivity contribution in [2.75, 3.05) is 0 Å². The summed E-state index contributed by atoms with van der Waals surface area (Å²) < 4.78 is 11.2. The van der Waals surface area contributed by atoms with Gasteiger partial charge in [-0.05, 0) is 36.2 Å². The van der Waals surface area contributed by atoms with E-state index in [-0.39, 0.29) is 5.69 Å². The molecule has 6 heteroatoms. The molecular weight excluding hydrogens is 284 g/mol. The van der Waals surface area contributed by atoms with Gasteiger partial charge in [0.1, 0.15) is 17.9 Å². The van der Waals surface area contributed by atoms with Gasteiger partial charge in [-0.25, -0.2) is 4.98 Å². The number of hydrogen-bond acceptors (Lipinski definition) is 5. The molecule has 0 radical (unpaired) electrons. The molecule has 2 aromatic carbocycles. The zero-order valence-corrected chi connectivity index (χ0v) is 12.2. The van der Waals surface area contributed by atoms with E-state index in [0.717, 1.165) is 22.2 Å². The smallest absolute Gasteiger partial charge is 0.269 e. The summed E-state index contributed by atoms with van der Waals surface area (Å²) in [5.41, 5.74) is 3.28. The molecule has 0 fully saturated rings. The fourth-order valence-corrected chi connectivity index (χ4v) is 2.25. The zero-order chi connectivity index (χ0) is 15.7. The van der Waals surface area contributed by atoms with Gasteiger partial charge in [0.05, 0.1) is 4.92 Å². The number of aromatic nitrogens is 1. The lowest BCUT2D eigenvalue weighted by Crippen LogP contribution is -1.98. The van der Waals surface area contributed by atoms with Gasteiger partial charge in [0, 0.05) is 19.1 Å². The maximum absolute atomic E-state index is 10.7. The minimum Gasteiger partial charge on any atom is -0.489 e. The summed E-state index contributed by atoms with van der Waals surface area (Å²) >= 11 is 0. The largest absolute Gasteiger partial charge is 0.489 e. The van der Waals surface area contributed by atoms with Crippen molar-refractivity contribution in [3.8, 4) is 5.75 Å². The number of nitrogens with zero attached hydrogens (tertiary/aromatic N) is 2. The first kappa shape index (κ1) is 14.1. The van der Waals surface area contributed by atoms with E-state index in [1.54, 1.807) is 19.9 Å². The molecule has 3 aromatic rings. The highest BCUT2D eigenvalue weighted by atomic mass is 16.6. The lowest BCUT2D eigenvalue weighted by molar-refractivity contribution is -0.384. The summed E-state index contributed by atoms with van der Waals surface area (Å²) in [7, 11) is 0. The Hall–Kier alpha value is -2.89. The van der Waals surface area contributed by atoms with Gasteiger partial charge >= 0.3 is 0 Å². The molecule has 0 unspecified atom stereocenters. The van der Waals surface area contributed by atoms with E-state index < -0.39 is 4.92 Å². The van der Waals surface area contributed by atoms with Crippen molar-refractivity contribution in [1.82, 2.24) is 4.98 Å². The number of benzene rings is 2. The number of hydrogen-bond donors (Lipinski definition) is 0. The van der Waals surface area contributed by atoms with E-state index in [0.29, 0.717) is 18.2 Å². The number of non-ortho nitro benzene ring substituents is 1. The summed E-state index contributed by atoms with van der Waals surface area (Å²) in [5.74, 6) is 1.25. The van der Waals surface area contributed by atoms with Gasteiger partial charge in [-0.1, -0.05) is 6.07 Å². The second-order valence-corrected chi connectivity index (χ2v) is 5.03. The highest BCUT2D eigenvalue weighted by Crippen LogP contribution is 2.24. The SMILES string of the molecule is Cc1nc2cc(COc3ccc([N+](=O)[O-])cc3C)ccc2o1. The number of fused-ring (bicyclic) bond motifs is 1. The third kappa shape index (κ3) is 2.76. The Bertz CT molecular complexity index is 854. The molecule has 0 aliphatic rings. The predicted octanol–water partition coefficient (Wildman–Crippen LogP) is 3.93. The molecule has 3 rings (SSSR count). The number of aryl methyl sites for hydroxylation is 2. The first-order valence-electron chi connectivity index (χ1n) is 6.77. The quantitative estimate of drug-likeness (QED) is 0.538. The van der Waals surface area contributed by atoms with Crippen LogP contribution in [-0.4, -0.2) is 9.91 Å². The summed E-state index contributed by atoms with van der Waals surface area (Å²) in [6, 6.07) is 10.2. The van der Waals surface area contributed by atoms with Gasteiger partial charge in [-0.3, -0.25) is 10.1 Å². The lowest BCUT2D eigenvalue weighted by Gasteiger charge is -2.08. The Balaban J connectivity index is 1.77. The molecule has 0 aliphatic heterocycles. The molecule has 0 spiro atoms. The van der Waals surface area contributed by atoms with Crippen LogP contribution in [0.4, 0.5) is 5.69 Å². The summed E-state index contributed by atoms with van der Waals surface area (Å²) in [5, 5.41) is 10.7. The molecule has 0 saturated carbocycles. The monoisotopic (exact) mass is 298 g/mol. The maximum Gasteiger partial charge on any atom is 0.269 e. The minimum absolute atomic E-state index is 0.0596. The molecule has 6 nitrogen and oxygen atoms in total. The summed E-state index contributed by atoms with van der Waals surface area (Å²) in [4.78, 5) is 14.6. The molecule has 1 heterocycles. The topological polar surface area (TPSA) is 78.4 Å². The van der Waals surface area contributed by atoms with Crippen molar-refractivity contribution in [3.63, 3.8) is 0 Å². The molecule has 112 valence electrons. The van der Waals surface area contributed by atoms with Gasteiger partial charge in [-0.2, -0.15) is 0 Å². The van der Waals surface area contributed by atoms with Crippen molar-refractivity contribution >= 4 is 16.8 Å². The second-order valence-electron chi connectivity index (χ2n) is 5.03. The Morgan fingerprint density at radius 1 is 1.23 bits per heavy atom. The molecule has 0 amide bonds. The lowest BCUT2D eigenvalue weighted by atomic mass is 10.2. The van der Waals surface area contributed by atoms with E-state index in [1.807, 2.05) is 18.2 Å². The standard InChI is InChI=1S/C16H14N2O4/c1-10-7-13(18(19)20)4-6-15(10)21-9-12-3-5-16-14(8-12)17-11(2)22-16/h3-8H,9H2,1-2H3. The van der Waals surface area contributed by atoms with Crippen molar-refractivity contribution < 1.29 is 14.1 Å². The van der Waals surface area contributed by atoms with Gasteiger partial charge in [0.2, 0.25) is 0 Å². The van der Waals surface area contributed by atoms with Crippen molar-refractivity contribution in [1.29, 1.82) is 0 Å². The van der Waals surface area contributed by atoms with Gasteiger partial charge in [-0.15, -0.1) is 0 Å². The highest BCUT2D eigenvalue weighted by Gasteiger charge is 2.09. The van der Waals surface area contributed by atoms with Crippen LogP contribution < -0.4 is 4.74 Å². The Morgan fingerprint density at radius 3 is 2.77 bits per heavy atom. The number of nitro benzene ring substituents is 1.